The summed E-state index contributed by atoms with van der Waals surface area (Å²) >= 11 is 0. The Kier molecular flexibility index (Phi) is 5.88. The molecule has 0 bridgehead atoms. The molecular formula is C13H22N2O3. The van der Waals surface area contributed by atoms with Crippen molar-refractivity contribution in [3.8, 4) is 0 Å². The van der Waals surface area contributed by atoms with Crippen molar-refractivity contribution in [1.82, 2.24) is 4.90 Å². The lowest BCUT2D eigenvalue weighted by Crippen LogP contribution is -2.36. The molecule has 0 saturated carbocycles. The smallest absolute Gasteiger partial charge is 0.257 e. The number of furan rings is 1. The first kappa shape index (κ1) is 14.7. The van der Waals surface area contributed by atoms with Gasteiger partial charge in [-0.25, -0.2) is 0 Å². The van der Waals surface area contributed by atoms with Crippen LogP contribution < -0.4 is 5.73 Å². The van der Waals surface area contributed by atoms with Crippen LogP contribution in [0, 0.1) is 5.92 Å². The summed E-state index contributed by atoms with van der Waals surface area (Å²) in [7, 11) is 1.63. The van der Waals surface area contributed by atoms with Gasteiger partial charge in [0.2, 0.25) is 0 Å². The van der Waals surface area contributed by atoms with Crippen LogP contribution in [-0.2, 0) is 11.3 Å². The Morgan fingerprint density at radius 3 is 2.78 bits per heavy atom. The van der Waals surface area contributed by atoms with Crippen LogP contribution in [0.3, 0.4) is 0 Å². The highest BCUT2D eigenvalue weighted by molar-refractivity contribution is 5.94. The predicted molar refractivity (Wildman–Crippen MR) is 69.2 cm³/mol. The fourth-order valence-corrected chi connectivity index (χ4v) is 1.70. The second kappa shape index (κ2) is 7.18. The van der Waals surface area contributed by atoms with E-state index in [1.54, 1.807) is 18.1 Å². The maximum Gasteiger partial charge on any atom is 0.257 e. The number of amides is 1. The number of nitrogens with zero attached hydrogens (tertiary/aromatic N) is 1. The van der Waals surface area contributed by atoms with Crippen LogP contribution in [0.2, 0.25) is 0 Å². The Morgan fingerprint density at radius 2 is 2.28 bits per heavy atom. The zero-order valence-corrected chi connectivity index (χ0v) is 11.3. The van der Waals surface area contributed by atoms with Gasteiger partial charge in [0.1, 0.15) is 12.0 Å². The molecular weight excluding hydrogens is 232 g/mol. The molecule has 102 valence electrons. The lowest BCUT2D eigenvalue weighted by molar-refractivity contribution is 0.0671. The summed E-state index contributed by atoms with van der Waals surface area (Å²) in [5, 5.41) is 0. The molecule has 1 heterocycles. The fraction of sp³-hybridized carbons (Fsp3) is 0.615. The molecule has 5 nitrogen and oxygen atoms in total. The molecule has 1 aromatic heterocycles. The van der Waals surface area contributed by atoms with Crippen molar-refractivity contribution in [1.29, 1.82) is 0 Å². The first-order chi connectivity index (χ1) is 8.58. The Hall–Kier alpha value is -1.33. The van der Waals surface area contributed by atoms with Crippen molar-refractivity contribution in [2.24, 2.45) is 11.7 Å². The SMILES string of the molecule is COCCN(CC(C)C)C(=O)c1coc(CN)c1. The van der Waals surface area contributed by atoms with Gasteiger partial charge in [-0.3, -0.25) is 4.79 Å². The molecule has 0 saturated heterocycles. The van der Waals surface area contributed by atoms with Crippen LogP contribution >= 0.6 is 0 Å². The van der Waals surface area contributed by atoms with Crippen molar-refractivity contribution in [2.75, 3.05) is 26.8 Å². The summed E-state index contributed by atoms with van der Waals surface area (Å²) in [6.07, 6.45) is 1.46. The number of hydrogen-bond donors (Lipinski definition) is 1. The van der Waals surface area contributed by atoms with E-state index in [0.717, 1.165) is 0 Å². The van der Waals surface area contributed by atoms with Gasteiger partial charge in [0, 0.05) is 20.2 Å². The zero-order chi connectivity index (χ0) is 13.5. The average molecular weight is 254 g/mol. The van der Waals surface area contributed by atoms with Crippen LogP contribution in [0.1, 0.15) is 30.0 Å². The molecule has 18 heavy (non-hydrogen) atoms. The topological polar surface area (TPSA) is 68.7 Å². The van der Waals surface area contributed by atoms with E-state index < -0.39 is 0 Å². The van der Waals surface area contributed by atoms with E-state index >= 15 is 0 Å². The van der Waals surface area contributed by atoms with Gasteiger partial charge in [-0.1, -0.05) is 13.8 Å². The molecule has 0 aliphatic carbocycles. The summed E-state index contributed by atoms with van der Waals surface area (Å²) in [6.45, 7) is 6.26. The Balaban J connectivity index is 2.73. The van der Waals surface area contributed by atoms with Gasteiger partial charge in [-0.05, 0) is 12.0 Å². The average Bonchev–Trinajstić information content (AvgIpc) is 2.81. The van der Waals surface area contributed by atoms with Crippen LogP contribution in [0.5, 0.6) is 0 Å². The second-order valence-electron chi connectivity index (χ2n) is 4.64. The van der Waals surface area contributed by atoms with Crippen LogP contribution in [0.25, 0.3) is 0 Å². The van der Waals surface area contributed by atoms with Gasteiger partial charge >= 0.3 is 0 Å². The Labute approximate surface area is 108 Å². The minimum atomic E-state index is -0.0378. The molecule has 0 radical (unpaired) electrons. The maximum absolute atomic E-state index is 12.3. The molecule has 1 aromatic rings. The molecule has 1 amide bonds. The van der Waals surface area contributed by atoms with Gasteiger partial charge in [0.15, 0.2) is 0 Å². The molecule has 0 aliphatic rings. The van der Waals surface area contributed by atoms with Gasteiger partial charge in [0.05, 0.1) is 18.7 Å². The highest BCUT2D eigenvalue weighted by Crippen LogP contribution is 2.11. The molecule has 0 aliphatic heterocycles. The van der Waals surface area contributed by atoms with Crippen LogP contribution in [0.15, 0.2) is 16.7 Å². The third-order valence-corrected chi connectivity index (χ3v) is 2.54. The quantitative estimate of drug-likeness (QED) is 0.800. The summed E-state index contributed by atoms with van der Waals surface area (Å²) in [5.41, 5.74) is 6.01. The molecule has 5 heteroatoms. The maximum atomic E-state index is 12.3. The second-order valence-corrected chi connectivity index (χ2v) is 4.64. The third kappa shape index (κ3) is 4.16. The lowest BCUT2D eigenvalue weighted by atomic mass is 10.2. The Bertz CT molecular complexity index is 374. The lowest BCUT2D eigenvalue weighted by Gasteiger charge is -2.23. The predicted octanol–water partition coefficient (Wildman–Crippen LogP) is 1.48. The molecule has 0 spiro atoms. The number of rotatable bonds is 7. The molecule has 0 fully saturated rings. The van der Waals surface area contributed by atoms with Crippen molar-refractivity contribution < 1.29 is 13.9 Å². The standard InChI is InChI=1S/C13H22N2O3/c1-10(2)8-15(4-5-17-3)13(16)11-6-12(7-14)18-9-11/h6,9-10H,4-5,7-8,14H2,1-3H3. The number of hydrogen-bond acceptors (Lipinski definition) is 4. The normalized spacial score (nSPS) is 10.9. The molecule has 2 N–H and O–H groups in total. The summed E-state index contributed by atoms with van der Waals surface area (Å²) in [5.74, 6) is 0.991. The first-order valence-corrected chi connectivity index (χ1v) is 6.14. The molecule has 0 atom stereocenters. The van der Waals surface area contributed by atoms with Crippen molar-refractivity contribution in [3.63, 3.8) is 0 Å². The van der Waals surface area contributed by atoms with Crippen molar-refractivity contribution in [2.45, 2.75) is 20.4 Å². The summed E-state index contributed by atoms with van der Waals surface area (Å²) in [4.78, 5) is 14.1. The molecule has 0 aromatic carbocycles. The first-order valence-electron chi connectivity index (χ1n) is 6.14. The number of ether oxygens (including phenoxy) is 1. The van der Waals surface area contributed by atoms with E-state index in [1.807, 2.05) is 0 Å². The zero-order valence-electron chi connectivity index (χ0n) is 11.3. The number of carbonyl (C=O) groups is 1. The van der Waals surface area contributed by atoms with E-state index in [4.69, 9.17) is 14.9 Å². The van der Waals surface area contributed by atoms with Crippen molar-refractivity contribution >= 4 is 5.91 Å². The highest BCUT2D eigenvalue weighted by atomic mass is 16.5. The third-order valence-electron chi connectivity index (χ3n) is 2.54. The Morgan fingerprint density at radius 1 is 1.56 bits per heavy atom. The summed E-state index contributed by atoms with van der Waals surface area (Å²) < 4.78 is 10.2. The van der Waals surface area contributed by atoms with E-state index in [-0.39, 0.29) is 5.91 Å². The number of nitrogens with two attached hydrogens (primary N) is 1. The largest absolute Gasteiger partial charge is 0.467 e. The van der Waals surface area contributed by atoms with E-state index in [9.17, 15) is 4.79 Å². The van der Waals surface area contributed by atoms with Gasteiger partial charge in [-0.15, -0.1) is 0 Å². The van der Waals surface area contributed by atoms with Crippen LogP contribution in [0.4, 0.5) is 0 Å². The minimum Gasteiger partial charge on any atom is -0.467 e. The highest BCUT2D eigenvalue weighted by Gasteiger charge is 2.18. The van der Waals surface area contributed by atoms with E-state index in [2.05, 4.69) is 13.8 Å². The minimum absolute atomic E-state index is 0.0378. The number of methoxy groups -OCH3 is 1. The van der Waals surface area contributed by atoms with Gasteiger partial charge in [0.25, 0.3) is 5.91 Å². The summed E-state index contributed by atoms with van der Waals surface area (Å²) in [6, 6.07) is 1.70. The van der Waals surface area contributed by atoms with Crippen molar-refractivity contribution in [3.05, 3.63) is 23.7 Å². The molecule has 0 unspecified atom stereocenters. The monoisotopic (exact) mass is 254 g/mol. The molecule has 1 rings (SSSR count). The number of carbonyl (C=O) groups excluding carboxylic acids is 1. The van der Waals surface area contributed by atoms with E-state index in [1.165, 1.54) is 6.26 Å². The van der Waals surface area contributed by atoms with Gasteiger partial charge in [-0.2, -0.15) is 0 Å². The van der Waals surface area contributed by atoms with Crippen LogP contribution in [-0.4, -0.2) is 37.6 Å². The fourth-order valence-electron chi connectivity index (χ4n) is 1.70. The van der Waals surface area contributed by atoms with Gasteiger partial charge < -0.3 is 19.8 Å². The van der Waals surface area contributed by atoms with E-state index in [0.29, 0.717) is 43.5 Å².